The van der Waals surface area contributed by atoms with Crippen LogP contribution in [0.4, 0.5) is 13.2 Å². The SMILES string of the molecule is NCc1ccncc1-n1cc(C(F)(F)F)cn1. The van der Waals surface area contributed by atoms with Crippen LogP contribution in [0.25, 0.3) is 5.69 Å². The van der Waals surface area contributed by atoms with Crippen molar-refractivity contribution in [2.75, 3.05) is 0 Å². The second kappa shape index (κ2) is 4.17. The summed E-state index contributed by atoms with van der Waals surface area (Å²) in [7, 11) is 0. The Morgan fingerprint density at radius 2 is 2.06 bits per heavy atom. The zero-order valence-electron chi connectivity index (χ0n) is 8.65. The van der Waals surface area contributed by atoms with Crippen molar-refractivity contribution >= 4 is 0 Å². The Kier molecular flexibility index (Phi) is 2.84. The third-order valence-electron chi connectivity index (χ3n) is 2.26. The lowest BCUT2D eigenvalue weighted by Gasteiger charge is -2.06. The van der Waals surface area contributed by atoms with Crippen LogP contribution in [0.3, 0.4) is 0 Å². The van der Waals surface area contributed by atoms with Gasteiger partial charge in [0.2, 0.25) is 0 Å². The fourth-order valence-corrected chi connectivity index (χ4v) is 1.39. The molecule has 0 fully saturated rings. The van der Waals surface area contributed by atoms with Crippen LogP contribution in [0, 0.1) is 0 Å². The number of alkyl halides is 3. The van der Waals surface area contributed by atoms with Crippen LogP contribution < -0.4 is 5.73 Å². The van der Waals surface area contributed by atoms with Gasteiger partial charge in [0.05, 0.1) is 23.6 Å². The molecule has 0 unspecified atom stereocenters. The summed E-state index contributed by atoms with van der Waals surface area (Å²) in [6.45, 7) is 0.207. The molecule has 0 saturated heterocycles. The smallest absolute Gasteiger partial charge is 0.326 e. The number of halogens is 3. The number of nitrogens with two attached hydrogens (primary N) is 1. The predicted octanol–water partition coefficient (Wildman–Crippen LogP) is 1.74. The molecule has 0 bridgehead atoms. The first kappa shape index (κ1) is 11.6. The van der Waals surface area contributed by atoms with E-state index in [9.17, 15) is 13.2 Å². The predicted molar refractivity (Wildman–Crippen MR) is 54.3 cm³/mol. The van der Waals surface area contributed by atoms with Gasteiger partial charge in [0, 0.05) is 18.9 Å². The Bertz CT molecular complexity index is 518. The summed E-state index contributed by atoms with van der Waals surface area (Å²) in [5.74, 6) is 0. The van der Waals surface area contributed by atoms with Gasteiger partial charge in [-0.25, -0.2) is 4.68 Å². The van der Waals surface area contributed by atoms with Gasteiger partial charge in [-0.05, 0) is 11.6 Å². The molecule has 4 nitrogen and oxygen atoms in total. The van der Waals surface area contributed by atoms with Gasteiger partial charge >= 0.3 is 6.18 Å². The Morgan fingerprint density at radius 1 is 1.29 bits per heavy atom. The van der Waals surface area contributed by atoms with Crippen molar-refractivity contribution in [3.8, 4) is 5.69 Å². The van der Waals surface area contributed by atoms with Crippen LogP contribution in [0.2, 0.25) is 0 Å². The molecular formula is C10H9F3N4. The first-order valence-corrected chi connectivity index (χ1v) is 4.77. The van der Waals surface area contributed by atoms with Gasteiger partial charge in [-0.15, -0.1) is 0 Å². The maximum absolute atomic E-state index is 12.4. The molecule has 0 aromatic carbocycles. The minimum Gasteiger partial charge on any atom is -0.326 e. The number of hydrogen-bond acceptors (Lipinski definition) is 3. The van der Waals surface area contributed by atoms with E-state index in [1.54, 1.807) is 6.07 Å². The first-order chi connectivity index (χ1) is 8.02. The number of aromatic nitrogens is 3. The van der Waals surface area contributed by atoms with E-state index in [-0.39, 0.29) is 6.54 Å². The molecule has 2 N–H and O–H groups in total. The maximum Gasteiger partial charge on any atom is 0.419 e. The molecule has 2 rings (SSSR count). The van der Waals surface area contributed by atoms with E-state index in [0.29, 0.717) is 11.3 Å². The summed E-state index contributed by atoms with van der Waals surface area (Å²) < 4.78 is 38.3. The Hall–Kier alpha value is -1.89. The van der Waals surface area contributed by atoms with Crippen LogP contribution >= 0.6 is 0 Å². The van der Waals surface area contributed by atoms with Crippen molar-refractivity contribution in [1.82, 2.24) is 14.8 Å². The molecule has 90 valence electrons. The van der Waals surface area contributed by atoms with Gasteiger partial charge in [-0.3, -0.25) is 4.98 Å². The number of nitrogens with zero attached hydrogens (tertiary/aromatic N) is 3. The third-order valence-corrected chi connectivity index (χ3v) is 2.26. The highest BCUT2D eigenvalue weighted by atomic mass is 19.4. The average molecular weight is 242 g/mol. The van der Waals surface area contributed by atoms with Gasteiger partial charge in [-0.1, -0.05) is 0 Å². The third kappa shape index (κ3) is 2.28. The van der Waals surface area contributed by atoms with Gasteiger partial charge in [0.25, 0.3) is 0 Å². The van der Waals surface area contributed by atoms with E-state index in [1.807, 2.05) is 0 Å². The van der Waals surface area contributed by atoms with Crippen molar-refractivity contribution < 1.29 is 13.2 Å². The summed E-state index contributed by atoms with van der Waals surface area (Å²) in [4.78, 5) is 3.84. The zero-order valence-corrected chi connectivity index (χ0v) is 8.65. The monoisotopic (exact) mass is 242 g/mol. The van der Waals surface area contributed by atoms with E-state index in [1.165, 1.54) is 12.4 Å². The average Bonchev–Trinajstić information content (AvgIpc) is 2.77. The molecule has 2 aromatic rings. The summed E-state index contributed by atoms with van der Waals surface area (Å²) in [6, 6.07) is 1.64. The maximum atomic E-state index is 12.4. The van der Waals surface area contributed by atoms with Crippen molar-refractivity contribution in [1.29, 1.82) is 0 Å². The topological polar surface area (TPSA) is 56.7 Å². The summed E-state index contributed by atoms with van der Waals surface area (Å²) in [5, 5.41) is 3.66. The quantitative estimate of drug-likeness (QED) is 0.872. The molecule has 0 aliphatic carbocycles. The van der Waals surface area contributed by atoms with E-state index in [0.717, 1.165) is 17.1 Å². The summed E-state index contributed by atoms with van der Waals surface area (Å²) in [5.41, 5.74) is 5.82. The molecule has 0 saturated carbocycles. The van der Waals surface area contributed by atoms with E-state index >= 15 is 0 Å². The van der Waals surface area contributed by atoms with Gasteiger partial charge in [-0.2, -0.15) is 18.3 Å². The number of pyridine rings is 1. The van der Waals surface area contributed by atoms with Crippen molar-refractivity contribution in [2.24, 2.45) is 5.73 Å². The van der Waals surface area contributed by atoms with Crippen LogP contribution in [-0.4, -0.2) is 14.8 Å². The lowest BCUT2D eigenvalue weighted by atomic mass is 10.2. The van der Waals surface area contributed by atoms with Crippen molar-refractivity contribution in [3.05, 3.63) is 42.0 Å². The minimum atomic E-state index is -4.40. The Balaban J connectivity index is 2.44. The molecule has 17 heavy (non-hydrogen) atoms. The molecule has 2 aromatic heterocycles. The van der Waals surface area contributed by atoms with Crippen LogP contribution in [0.5, 0.6) is 0 Å². The normalized spacial score (nSPS) is 11.8. The summed E-state index contributed by atoms with van der Waals surface area (Å²) >= 11 is 0. The van der Waals surface area contributed by atoms with E-state index in [2.05, 4.69) is 10.1 Å². The highest BCUT2D eigenvalue weighted by molar-refractivity contribution is 5.37. The Morgan fingerprint density at radius 3 is 2.65 bits per heavy atom. The van der Waals surface area contributed by atoms with Gasteiger partial charge in [0.1, 0.15) is 0 Å². The minimum absolute atomic E-state index is 0.207. The number of rotatable bonds is 2. The molecule has 0 aliphatic rings. The summed E-state index contributed by atoms with van der Waals surface area (Å²) in [6.07, 6.45) is 0.238. The molecule has 2 heterocycles. The molecule has 7 heteroatoms. The number of hydrogen-bond donors (Lipinski definition) is 1. The second-order valence-electron chi connectivity index (χ2n) is 3.38. The van der Waals surface area contributed by atoms with Crippen molar-refractivity contribution in [2.45, 2.75) is 12.7 Å². The van der Waals surface area contributed by atoms with Crippen molar-refractivity contribution in [3.63, 3.8) is 0 Å². The molecule has 0 spiro atoms. The highest BCUT2D eigenvalue weighted by Gasteiger charge is 2.32. The first-order valence-electron chi connectivity index (χ1n) is 4.77. The molecular weight excluding hydrogens is 233 g/mol. The largest absolute Gasteiger partial charge is 0.419 e. The van der Waals surface area contributed by atoms with Crippen LogP contribution in [0.1, 0.15) is 11.1 Å². The van der Waals surface area contributed by atoms with Crippen LogP contribution in [0.15, 0.2) is 30.9 Å². The van der Waals surface area contributed by atoms with Gasteiger partial charge in [0.15, 0.2) is 0 Å². The fraction of sp³-hybridized carbons (Fsp3) is 0.200. The molecule has 0 aliphatic heterocycles. The standard InChI is InChI=1S/C10H9F3N4/c11-10(12,13)8-4-16-17(6-8)9-5-15-2-1-7(9)3-14/h1-2,4-6H,3,14H2. The molecule has 0 atom stereocenters. The zero-order chi connectivity index (χ0) is 12.5. The fourth-order valence-electron chi connectivity index (χ4n) is 1.39. The lowest BCUT2D eigenvalue weighted by Crippen LogP contribution is -2.06. The molecule has 0 amide bonds. The van der Waals surface area contributed by atoms with E-state index in [4.69, 9.17) is 5.73 Å². The van der Waals surface area contributed by atoms with Crippen LogP contribution in [-0.2, 0) is 12.7 Å². The van der Waals surface area contributed by atoms with E-state index < -0.39 is 11.7 Å². The van der Waals surface area contributed by atoms with Gasteiger partial charge < -0.3 is 5.73 Å². The Labute approximate surface area is 94.9 Å². The second-order valence-corrected chi connectivity index (χ2v) is 3.38. The molecule has 0 radical (unpaired) electrons. The lowest BCUT2D eigenvalue weighted by molar-refractivity contribution is -0.137. The highest BCUT2D eigenvalue weighted by Crippen LogP contribution is 2.29.